The van der Waals surface area contributed by atoms with Crippen molar-refractivity contribution in [1.82, 2.24) is 19.1 Å². The van der Waals surface area contributed by atoms with Crippen molar-refractivity contribution in [3.63, 3.8) is 0 Å². The zero-order chi connectivity index (χ0) is 36.7. The van der Waals surface area contributed by atoms with E-state index in [9.17, 15) is 0 Å². The Hall–Kier alpha value is -7.56. The zero-order valence-electron chi connectivity index (χ0n) is 30.3. The summed E-state index contributed by atoms with van der Waals surface area (Å²) in [6, 6.07) is 67.9. The van der Waals surface area contributed by atoms with E-state index in [1.54, 1.807) is 0 Å². The molecule has 4 heteroatoms. The van der Waals surface area contributed by atoms with Crippen molar-refractivity contribution in [2.24, 2.45) is 0 Å². The molecular formula is C52H32N4. The summed E-state index contributed by atoms with van der Waals surface area (Å²) in [7, 11) is 0. The monoisotopic (exact) mass is 712 g/mol. The van der Waals surface area contributed by atoms with Gasteiger partial charge >= 0.3 is 0 Å². The first-order chi connectivity index (χ1) is 27.8. The Morgan fingerprint density at radius 3 is 1.57 bits per heavy atom. The number of para-hydroxylation sites is 4. The van der Waals surface area contributed by atoms with Crippen LogP contribution in [0, 0.1) is 0 Å². The van der Waals surface area contributed by atoms with Gasteiger partial charge in [-0.3, -0.25) is 4.98 Å². The van der Waals surface area contributed by atoms with Crippen LogP contribution < -0.4 is 0 Å². The molecule has 0 bridgehead atoms. The van der Waals surface area contributed by atoms with E-state index in [1.165, 1.54) is 60.3 Å². The van der Waals surface area contributed by atoms with E-state index >= 15 is 0 Å². The van der Waals surface area contributed by atoms with Gasteiger partial charge in [-0.05, 0) is 77.4 Å². The maximum atomic E-state index is 5.10. The van der Waals surface area contributed by atoms with Gasteiger partial charge in [-0.25, -0.2) is 4.98 Å². The van der Waals surface area contributed by atoms with E-state index < -0.39 is 0 Å². The van der Waals surface area contributed by atoms with Crippen LogP contribution >= 0.6 is 0 Å². The number of rotatable bonds is 4. The van der Waals surface area contributed by atoms with Crippen LogP contribution in [0.1, 0.15) is 0 Å². The van der Waals surface area contributed by atoms with Crippen LogP contribution in [0.5, 0.6) is 0 Å². The van der Waals surface area contributed by atoms with Gasteiger partial charge in [0.1, 0.15) is 0 Å². The summed E-state index contributed by atoms with van der Waals surface area (Å²) in [5, 5.41) is 8.36. The lowest BCUT2D eigenvalue weighted by molar-refractivity contribution is 1.17. The summed E-state index contributed by atoms with van der Waals surface area (Å²) < 4.78 is 4.79. The first-order valence-electron chi connectivity index (χ1n) is 19.1. The molecule has 0 saturated heterocycles. The molecule has 0 atom stereocenters. The van der Waals surface area contributed by atoms with Gasteiger partial charge in [0.2, 0.25) is 0 Å². The highest BCUT2D eigenvalue weighted by Crippen LogP contribution is 2.39. The summed E-state index contributed by atoms with van der Waals surface area (Å²) in [6.07, 6.45) is 1.85. The summed E-state index contributed by atoms with van der Waals surface area (Å²) in [5.41, 5.74) is 14.6. The number of hydrogen-bond donors (Lipinski definition) is 0. The highest BCUT2D eigenvalue weighted by molar-refractivity contribution is 6.16. The lowest BCUT2D eigenvalue weighted by Gasteiger charge is -2.13. The molecule has 12 aromatic rings. The van der Waals surface area contributed by atoms with E-state index in [0.29, 0.717) is 0 Å². The molecule has 0 aliphatic heterocycles. The fourth-order valence-corrected chi connectivity index (χ4v) is 9.01. The fourth-order valence-electron chi connectivity index (χ4n) is 9.01. The molecule has 12 rings (SSSR count). The van der Waals surface area contributed by atoms with Gasteiger partial charge in [0, 0.05) is 60.8 Å². The van der Waals surface area contributed by atoms with Crippen molar-refractivity contribution in [3.8, 4) is 33.6 Å². The Morgan fingerprint density at radius 2 is 0.875 bits per heavy atom. The van der Waals surface area contributed by atoms with E-state index in [4.69, 9.17) is 9.97 Å². The molecule has 4 aromatic heterocycles. The minimum absolute atomic E-state index is 0.931. The average molecular weight is 713 g/mol. The molecule has 4 nitrogen and oxygen atoms in total. The van der Waals surface area contributed by atoms with Crippen molar-refractivity contribution in [2.45, 2.75) is 0 Å². The summed E-state index contributed by atoms with van der Waals surface area (Å²) in [6.45, 7) is 0. The van der Waals surface area contributed by atoms with Crippen LogP contribution in [0.25, 0.3) is 110 Å². The van der Waals surface area contributed by atoms with Crippen molar-refractivity contribution >= 4 is 76.3 Å². The maximum absolute atomic E-state index is 5.10. The van der Waals surface area contributed by atoms with Crippen molar-refractivity contribution in [3.05, 3.63) is 194 Å². The Kier molecular flexibility index (Phi) is 6.60. The molecule has 0 unspecified atom stereocenters. The molecule has 0 N–H and O–H groups in total. The Bertz CT molecular complexity index is 3460. The van der Waals surface area contributed by atoms with Gasteiger partial charge < -0.3 is 9.13 Å². The molecule has 0 fully saturated rings. The van der Waals surface area contributed by atoms with E-state index in [0.717, 1.165) is 49.6 Å². The normalized spacial score (nSPS) is 11.9. The minimum Gasteiger partial charge on any atom is -0.309 e. The Morgan fingerprint density at radius 1 is 0.339 bits per heavy atom. The van der Waals surface area contributed by atoms with Gasteiger partial charge in [0.25, 0.3) is 0 Å². The minimum atomic E-state index is 0.931. The number of pyridine rings is 2. The van der Waals surface area contributed by atoms with Crippen molar-refractivity contribution in [1.29, 1.82) is 0 Å². The third kappa shape index (κ3) is 4.53. The van der Waals surface area contributed by atoms with E-state index in [1.807, 2.05) is 12.3 Å². The van der Waals surface area contributed by atoms with Gasteiger partial charge in [0.05, 0.1) is 38.6 Å². The van der Waals surface area contributed by atoms with E-state index in [2.05, 4.69) is 191 Å². The second kappa shape index (κ2) is 12.0. The molecule has 56 heavy (non-hydrogen) atoms. The first kappa shape index (κ1) is 30.9. The van der Waals surface area contributed by atoms with Crippen LogP contribution in [0.2, 0.25) is 0 Å². The lowest BCUT2D eigenvalue weighted by Crippen LogP contribution is -1.96. The summed E-state index contributed by atoms with van der Waals surface area (Å²) >= 11 is 0. The van der Waals surface area contributed by atoms with E-state index in [-0.39, 0.29) is 0 Å². The van der Waals surface area contributed by atoms with Crippen molar-refractivity contribution in [2.75, 3.05) is 0 Å². The zero-order valence-corrected chi connectivity index (χ0v) is 30.3. The molecule has 260 valence electrons. The number of fused-ring (bicyclic) bond motifs is 10. The highest BCUT2D eigenvalue weighted by atomic mass is 15.0. The second-order valence-corrected chi connectivity index (χ2v) is 14.6. The van der Waals surface area contributed by atoms with Crippen LogP contribution in [-0.2, 0) is 0 Å². The Labute approximate surface area is 322 Å². The molecule has 8 aromatic carbocycles. The topological polar surface area (TPSA) is 35.6 Å². The number of aromatic nitrogens is 4. The molecule has 4 heterocycles. The molecular weight excluding hydrogens is 681 g/mol. The third-order valence-corrected chi connectivity index (χ3v) is 11.5. The van der Waals surface area contributed by atoms with Gasteiger partial charge in [-0.1, -0.05) is 127 Å². The largest absolute Gasteiger partial charge is 0.309 e. The van der Waals surface area contributed by atoms with Crippen LogP contribution in [-0.4, -0.2) is 19.1 Å². The third-order valence-electron chi connectivity index (χ3n) is 11.5. The fraction of sp³-hybridized carbons (Fsp3) is 0. The first-order valence-corrected chi connectivity index (χ1v) is 19.1. The van der Waals surface area contributed by atoms with Crippen LogP contribution in [0.15, 0.2) is 194 Å². The smallest absolute Gasteiger partial charge is 0.0978 e. The molecule has 0 saturated carbocycles. The molecule has 0 spiro atoms. The molecule has 0 aliphatic carbocycles. The number of hydrogen-bond acceptors (Lipinski definition) is 2. The molecule has 0 radical (unpaired) electrons. The Balaban J connectivity index is 0.943. The predicted molar refractivity (Wildman–Crippen MR) is 234 cm³/mol. The standard InChI is InChI=1S/C52H32N4/c1-5-15-45-42(14-1)50(43-29-25-36-10-9-31-53-51(36)52(43)54-45)35-21-19-33(20-22-35)34-23-26-37(27-24-34)55-48-18-8-4-13-41(48)44-32-38(28-30-49(44)55)56-46-16-6-2-11-39(46)40-12-3-7-17-47(40)56/h1-32H. The maximum Gasteiger partial charge on any atom is 0.0978 e. The SMILES string of the molecule is c1cnc2c(c1)ccc1c(-c3ccc(-c4ccc(-n5c6ccccc6c6cc(-n7c8ccccc8c8ccccc87)ccc65)cc4)cc3)c3ccccc3nc12. The van der Waals surface area contributed by atoms with Crippen LogP contribution in [0.3, 0.4) is 0 Å². The second-order valence-electron chi connectivity index (χ2n) is 14.6. The summed E-state index contributed by atoms with van der Waals surface area (Å²) in [5.74, 6) is 0. The number of benzene rings is 8. The average Bonchev–Trinajstić information content (AvgIpc) is 3.78. The predicted octanol–water partition coefficient (Wildman–Crippen LogP) is 13.5. The highest BCUT2D eigenvalue weighted by Gasteiger charge is 2.17. The van der Waals surface area contributed by atoms with Gasteiger partial charge in [0.15, 0.2) is 0 Å². The molecule has 0 amide bonds. The summed E-state index contributed by atoms with van der Waals surface area (Å²) in [4.78, 5) is 9.83. The number of nitrogens with zero attached hydrogens (tertiary/aromatic N) is 4. The van der Waals surface area contributed by atoms with Gasteiger partial charge in [-0.15, -0.1) is 0 Å². The van der Waals surface area contributed by atoms with Gasteiger partial charge in [-0.2, -0.15) is 0 Å². The quantitative estimate of drug-likeness (QED) is 0.135. The van der Waals surface area contributed by atoms with Crippen LogP contribution in [0.4, 0.5) is 0 Å². The molecule has 0 aliphatic rings. The van der Waals surface area contributed by atoms with Crippen molar-refractivity contribution < 1.29 is 0 Å². The lowest BCUT2D eigenvalue weighted by atomic mass is 9.93.